The zero-order valence-corrected chi connectivity index (χ0v) is 29.1. The van der Waals surface area contributed by atoms with Crippen LogP contribution in [0, 0.1) is 13.8 Å². The summed E-state index contributed by atoms with van der Waals surface area (Å²) in [6.07, 6.45) is 0. The standard InChI is InChI=1S/C42H30Br2N2O/c1-27-3-12-33(13-4-27)45(34-14-5-28(2)6-15-34)37-23-30(29-7-20-39-40(25-29)42-22-21-41(39)47-42)24-38(26-37)46(35-16-8-31(43)9-17-35)36-18-10-32(44)11-19-36/h3-26H,1-2H3. The summed E-state index contributed by atoms with van der Waals surface area (Å²) >= 11 is 7.28. The molecule has 0 aliphatic heterocycles. The zero-order chi connectivity index (χ0) is 32.1. The van der Waals surface area contributed by atoms with E-state index in [0.717, 1.165) is 76.1 Å². The Hall–Kier alpha value is -4.84. The maximum Gasteiger partial charge on any atom is 0.135 e. The van der Waals surface area contributed by atoms with E-state index < -0.39 is 0 Å². The molecule has 2 bridgehead atoms. The summed E-state index contributed by atoms with van der Waals surface area (Å²) in [5.41, 5.74) is 13.0. The van der Waals surface area contributed by atoms with E-state index in [9.17, 15) is 0 Å². The van der Waals surface area contributed by atoms with Crippen LogP contribution in [0.5, 0.6) is 0 Å². The van der Waals surface area contributed by atoms with Gasteiger partial charge in [-0.3, -0.25) is 0 Å². The van der Waals surface area contributed by atoms with E-state index in [4.69, 9.17) is 4.42 Å². The van der Waals surface area contributed by atoms with Gasteiger partial charge >= 0.3 is 0 Å². The summed E-state index contributed by atoms with van der Waals surface area (Å²) in [5.74, 6) is 0. The van der Waals surface area contributed by atoms with Crippen molar-refractivity contribution in [2.75, 3.05) is 9.80 Å². The molecule has 0 spiro atoms. The number of aryl methyl sites for hydroxylation is 2. The van der Waals surface area contributed by atoms with Crippen molar-refractivity contribution in [3.05, 3.63) is 166 Å². The van der Waals surface area contributed by atoms with Crippen molar-refractivity contribution in [2.24, 2.45) is 0 Å². The molecular formula is C42H30Br2N2O. The van der Waals surface area contributed by atoms with Gasteiger partial charge in [-0.1, -0.05) is 73.3 Å². The van der Waals surface area contributed by atoms with Crippen molar-refractivity contribution < 1.29 is 4.42 Å². The van der Waals surface area contributed by atoms with Crippen LogP contribution in [0.15, 0.2) is 159 Å². The van der Waals surface area contributed by atoms with Crippen LogP contribution in [0.25, 0.3) is 33.1 Å². The Labute approximate surface area is 291 Å². The molecule has 228 valence electrons. The minimum atomic E-state index is 0.917. The number of furan rings is 2. The number of hydrogen-bond donors (Lipinski definition) is 0. The summed E-state index contributed by atoms with van der Waals surface area (Å²) in [5, 5.41) is 2.29. The molecule has 6 aromatic carbocycles. The maximum atomic E-state index is 6.03. The molecule has 47 heavy (non-hydrogen) atoms. The van der Waals surface area contributed by atoms with Crippen LogP contribution < -0.4 is 9.80 Å². The molecule has 0 saturated carbocycles. The normalized spacial score (nSPS) is 11.4. The summed E-state index contributed by atoms with van der Waals surface area (Å²) in [6, 6.07) is 52.1. The lowest BCUT2D eigenvalue weighted by molar-refractivity contribution is 0.679. The molecule has 0 radical (unpaired) electrons. The third kappa shape index (κ3) is 5.71. The highest BCUT2D eigenvalue weighted by atomic mass is 79.9. The molecule has 3 nitrogen and oxygen atoms in total. The molecule has 0 saturated heterocycles. The highest BCUT2D eigenvalue weighted by Gasteiger charge is 2.20. The molecule has 2 heterocycles. The zero-order valence-electron chi connectivity index (χ0n) is 25.9. The molecule has 2 aromatic heterocycles. The number of benzene rings is 7. The van der Waals surface area contributed by atoms with Crippen LogP contribution in [0.4, 0.5) is 34.1 Å². The van der Waals surface area contributed by atoms with Crippen molar-refractivity contribution in [1.29, 1.82) is 0 Å². The van der Waals surface area contributed by atoms with Gasteiger partial charge in [0.1, 0.15) is 11.2 Å². The number of halogens is 2. The van der Waals surface area contributed by atoms with Gasteiger partial charge < -0.3 is 14.2 Å². The van der Waals surface area contributed by atoms with Crippen LogP contribution in [0.3, 0.4) is 0 Å². The minimum Gasteiger partial charge on any atom is -0.456 e. The third-order valence-corrected chi connectivity index (χ3v) is 9.72. The first-order chi connectivity index (χ1) is 22.9. The average Bonchev–Trinajstić information content (AvgIpc) is 3.72. The fourth-order valence-electron chi connectivity index (χ4n) is 6.25. The fourth-order valence-corrected chi connectivity index (χ4v) is 6.78. The van der Waals surface area contributed by atoms with Gasteiger partial charge in [0.2, 0.25) is 0 Å². The Morgan fingerprint density at radius 2 is 0.809 bits per heavy atom. The summed E-state index contributed by atoms with van der Waals surface area (Å²) in [6.45, 7) is 4.26. The van der Waals surface area contributed by atoms with E-state index in [1.54, 1.807) is 0 Å². The first-order valence-corrected chi connectivity index (χ1v) is 17.1. The Morgan fingerprint density at radius 1 is 0.383 bits per heavy atom. The predicted molar refractivity (Wildman–Crippen MR) is 205 cm³/mol. The van der Waals surface area contributed by atoms with Gasteiger partial charge in [0.15, 0.2) is 0 Å². The van der Waals surface area contributed by atoms with Crippen molar-refractivity contribution in [3.8, 4) is 11.1 Å². The third-order valence-electron chi connectivity index (χ3n) is 8.66. The molecule has 0 aliphatic rings. The van der Waals surface area contributed by atoms with Gasteiger partial charge in [-0.05, 0) is 140 Å². The van der Waals surface area contributed by atoms with Gasteiger partial charge in [0.05, 0.1) is 0 Å². The van der Waals surface area contributed by atoms with Crippen molar-refractivity contribution in [2.45, 2.75) is 13.8 Å². The van der Waals surface area contributed by atoms with Crippen molar-refractivity contribution in [3.63, 3.8) is 0 Å². The molecular weight excluding hydrogens is 708 g/mol. The second-order valence-electron chi connectivity index (χ2n) is 12.0. The number of hydrogen-bond acceptors (Lipinski definition) is 3. The van der Waals surface area contributed by atoms with Crippen LogP contribution in [0.2, 0.25) is 0 Å². The molecule has 8 rings (SSSR count). The lowest BCUT2D eigenvalue weighted by Crippen LogP contribution is -2.13. The van der Waals surface area contributed by atoms with E-state index in [1.807, 2.05) is 6.07 Å². The lowest BCUT2D eigenvalue weighted by Gasteiger charge is -2.30. The topological polar surface area (TPSA) is 19.6 Å². The summed E-state index contributed by atoms with van der Waals surface area (Å²) in [4.78, 5) is 4.67. The minimum absolute atomic E-state index is 0.917. The fraction of sp³-hybridized carbons (Fsp3) is 0.0476. The first kappa shape index (κ1) is 29.6. The van der Waals surface area contributed by atoms with E-state index in [2.05, 4.69) is 195 Å². The van der Waals surface area contributed by atoms with E-state index >= 15 is 0 Å². The quantitative estimate of drug-likeness (QED) is 0.162. The van der Waals surface area contributed by atoms with Gasteiger partial charge in [-0.15, -0.1) is 0 Å². The second-order valence-corrected chi connectivity index (χ2v) is 13.8. The summed E-state index contributed by atoms with van der Waals surface area (Å²) < 4.78 is 8.10. The van der Waals surface area contributed by atoms with E-state index in [1.165, 1.54) is 11.1 Å². The number of rotatable bonds is 7. The van der Waals surface area contributed by atoms with Crippen LogP contribution >= 0.6 is 31.9 Å². The largest absolute Gasteiger partial charge is 0.456 e. The lowest BCUT2D eigenvalue weighted by atomic mass is 9.99. The monoisotopic (exact) mass is 736 g/mol. The number of fused-ring (bicyclic) bond motifs is 5. The Morgan fingerprint density at radius 3 is 1.28 bits per heavy atom. The Balaban J connectivity index is 1.39. The first-order valence-electron chi connectivity index (χ1n) is 15.5. The second kappa shape index (κ2) is 12.1. The SMILES string of the molecule is Cc1ccc(N(c2ccc(C)cc2)c2cc(-c3ccc4c5ccc(o5)c4c3)cc(N(c3ccc(Br)cc3)c3ccc(Br)cc3)c2)cc1. The maximum absolute atomic E-state index is 6.03. The number of nitrogens with zero attached hydrogens (tertiary/aromatic N) is 2. The molecule has 0 aliphatic carbocycles. The highest BCUT2D eigenvalue weighted by molar-refractivity contribution is 9.10. The van der Waals surface area contributed by atoms with Gasteiger partial charge in [-0.2, -0.15) is 0 Å². The molecule has 8 aromatic rings. The van der Waals surface area contributed by atoms with Crippen LogP contribution in [-0.2, 0) is 0 Å². The summed E-state index contributed by atoms with van der Waals surface area (Å²) in [7, 11) is 0. The van der Waals surface area contributed by atoms with E-state index in [-0.39, 0.29) is 0 Å². The van der Waals surface area contributed by atoms with Gasteiger partial charge in [0.25, 0.3) is 0 Å². The highest BCUT2D eigenvalue weighted by Crippen LogP contribution is 2.44. The van der Waals surface area contributed by atoms with Crippen molar-refractivity contribution in [1.82, 2.24) is 0 Å². The molecule has 0 N–H and O–H groups in total. The molecule has 0 fully saturated rings. The molecule has 0 amide bonds. The van der Waals surface area contributed by atoms with E-state index in [0.29, 0.717) is 0 Å². The predicted octanol–water partition coefficient (Wildman–Crippen LogP) is 13.8. The Bertz CT molecular complexity index is 2120. The van der Waals surface area contributed by atoms with Gasteiger partial charge in [0, 0.05) is 53.8 Å². The Kier molecular flexibility index (Phi) is 7.59. The van der Waals surface area contributed by atoms with Crippen molar-refractivity contribution >= 4 is 87.9 Å². The average molecular weight is 739 g/mol. The van der Waals surface area contributed by atoms with Crippen LogP contribution in [0.1, 0.15) is 11.1 Å². The number of anilines is 6. The smallest absolute Gasteiger partial charge is 0.135 e. The van der Waals surface area contributed by atoms with Crippen LogP contribution in [-0.4, -0.2) is 0 Å². The molecule has 0 unspecified atom stereocenters. The van der Waals surface area contributed by atoms with Gasteiger partial charge in [-0.25, -0.2) is 0 Å². The molecule has 5 heteroatoms. The molecule has 0 atom stereocenters.